The zero-order valence-electron chi connectivity index (χ0n) is 17.8. The van der Waals surface area contributed by atoms with E-state index in [1.54, 1.807) is 24.3 Å². The first-order chi connectivity index (χ1) is 15.3. The highest BCUT2D eigenvalue weighted by molar-refractivity contribution is 7.98. The van der Waals surface area contributed by atoms with E-state index in [1.807, 2.05) is 67.6 Å². The van der Waals surface area contributed by atoms with Crippen molar-refractivity contribution >= 4 is 27.8 Å². The number of carboxylic acid groups (broad SMARTS) is 1. The number of hydrogen-bond donors (Lipinski definition) is 2. The Kier molecular flexibility index (Phi) is 10.4. The molecular formula is C24H27NO5S2. The molecule has 0 amide bonds. The molecule has 1 unspecified atom stereocenters. The van der Waals surface area contributed by atoms with Crippen LogP contribution in [0.4, 0.5) is 0 Å². The molecule has 1 atom stereocenters. The number of aryl methyl sites for hydroxylation is 1. The zero-order chi connectivity index (χ0) is 23.4. The van der Waals surface area contributed by atoms with E-state index in [0.29, 0.717) is 5.75 Å². The number of nitrogens with two attached hydrogens (primary N) is 1. The third-order valence-electron chi connectivity index (χ3n) is 4.26. The van der Waals surface area contributed by atoms with Crippen LogP contribution in [0.15, 0.2) is 89.8 Å². The van der Waals surface area contributed by atoms with Crippen LogP contribution in [0.25, 0.3) is 0 Å². The molecular weight excluding hydrogens is 446 g/mol. The molecule has 3 aromatic carbocycles. The quantitative estimate of drug-likeness (QED) is 0.448. The molecule has 0 aliphatic rings. The van der Waals surface area contributed by atoms with Crippen LogP contribution in [0.2, 0.25) is 0 Å². The van der Waals surface area contributed by atoms with Crippen LogP contribution in [-0.4, -0.2) is 31.3 Å². The monoisotopic (exact) mass is 473 g/mol. The lowest BCUT2D eigenvalue weighted by Gasteiger charge is -2.06. The van der Waals surface area contributed by atoms with Crippen LogP contribution in [0.3, 0.4) is 0 Å². The van der Waals surface area contributed by atoms with Gasteiger partial charge >= 0.3 is 5.97 Å². The zero-order valence-corrected chi connectivity index (χ0v) is 19.4. The van der Waals surface area contributed by atoms with Gasteiger partial charge in [0.05, 0.1) is 11.5 Å². The lowest BCUT2D eigenvalue weighted by molar-refractivity contribution is -0.137. The highest BCUT2D eigenvalue weighted by Crippen LogP contribution is 2.15. The largest absolute Gasteiger partial charge is 0.480 e. The van der Waals surface area contributed by atoms with E-state index in [1.165, 1.54) is 17.3 Å². The second-order valence-corrected chi connectivity index (χ2v) is 9.61. The Balaban J connectivity index is 0.000000235. The van der Waals surface area contributed by atoms with Gasteiger partial charge in [-0.05, 0) is 30.2 Å². The Morgan fingerprint density at radius 3 is 2.00 bits per heavy atom. The molecule has 32 heavy (non-hydrogen) atoms. The topological polar surface area (TPSA) is 107 Å². The molecule has 0 aliphatic carbocycles. The maximum absolute atomic E-state index is 11.9. The third kappa shape index (κ3) is 9.23. The Labute approximate surface area is 193 Å². The van der Waals surface area contributed by atoms with E-state index >= 15 is 0 Å². The van der Waals surface area contributed by atoms with Gasteiger partial charge in [-0.1, -0.05) is 78.4 Å². The average molecular weight is 474 g/mol. The van der Waals surface area contributed by atoms with Gasteiger partial charge in [0.1, 0.15) is 6.04 Å². The highest BCUT2D eigenvalue weighted by atomic mass is 32.2. The minimum absolute atomic E-state index is 0.0526. The second kappa shape index (κ2) is 13.0. The van der Waals surface area contributed by atoms with Gasteiger partial charge in [-0.3, -0.25) is 8.98 Å². The van der Waals surface area contributed by atoms with Crippen molar-refractivity contribution < 1.29 is 22.5 Å². The van der Waals surface area contributed by atoms with E-state index in [2.05, 4.69) is 0 Å². The molecule has 0 radical (unpaired) electrons. The smallest absolute Gasteiger partial charge is 0.321 e. The summed E-state index contributed by atoms with van der Waals surface area (Å²) in [6, 6.07) is 25.0. The van der Waals surface area contributed by atoms with E-state index < -0.39 is 22.1 Å². The first-order valence-corrected chi connectivity index (χ1v) is 12.4. The lowest BCUT2D eigenvalue weighted by atomic mass is 10.2. The number of benzene rings is 3. The first kappa shape index (κ1) is 25.6. The first-order valence-electron chi connectivity index (χ1n) is 9.88. The Morgan fingerprint density at radius 1 is 0.938 bits per heavy atom. The normalized spacial score (nSPS) is 11.8. The number of hydrogen-bond acceptors (Lipinski definition) is 6. The molecule has 3 rings (SSSR count). The third-order valence-corrected chi connectivity index (χ3v) is 6.67. The number of carbonyl (C=O) groups is 1. The molecule has 170 valence electrons. The molecule has 8 heteroatoms. The fraction of sp³-hybridized carbons (Fsp3) is 0.208. The van der Waals surface area contributed by atoms with Crippen molar-refractivity contribution in [2.75, 3.05) is 5.75 Å². The maximum Gasteiger partial charge on any atom is 0.321 e. The van der Waals surface area contributed by atoms with Gasteiger partial charge in [0.15, 0.2) is 0 Å². The number of rotatable bonds is 9. The summed E-state index contributed by atoms with van der Waals surface area (Å²) in [4.78, 5) is 10.6. The van der Waals surface area contributed by atoms with Crippen LogP contribution >= 0.6 is 11.8 Å². The lowest BCUT2D eigenvalue weighted by Crippen LogP contribution is -2.32. The van der Waals surface area contributed by atoms with Crippen molar-refractivity contribution in [1.82, 2.24) is 0 Å². The molecule has 0 aliphatic heterocycles. The summed E-state index contributed by atoms with van der Waals surface area (Å²) >= 11 is 1.54. The maximum atomic E-state index is 11.9. The number of aliphatic carboxylic acids is 1. The summed E-state index contributed by atoms with van der Waals surface area (Å²) in [5, 5.41) is 8.54. The molecule has 0 fully saturated rings. The number of thioether (sulfide) groups is 1. The van der Waals surface area contributed by atoms with Crippen molar-refractivity contribution in [3.05, 3.63) is 102 Å². The molecule has 0 aromatic heterocycles. The molecule has 0 saturated heterocycles. The Bertz CT molecular complexity index is 1060. The molecule has 3 aromatic rings. The predicted molar refractivity (Wildman–Crippen MR) is 128 cm³/mol. The van der Waals surface area contributed by atoms with Crippen molar-refractivity contribution in [3.63, 3.8) is 0 Å². The van der Waals surface area contributed by atoms with Gasteiger partial charge in [-0.25, -0.2) is 0 Å². The van der Waals surface area contributed by atoms with Gasteiger partial charge in [0.25, 0.3) is 10.1 Å². The fourth-order valence-corrected chi connectivity index (χ4v) is 4.28. The molecule has 6 nitrogen and oxygen atoms in total. The minimum atomic E-state index is -3.68. The van der Waals surface area contributed by atoms with E-state index in [4.69, 9.17) is 15.0 Å². The van der Waals surface area contributed by atoms with Crippen molar-refractivity contribution in [2.24, 2.45) is 5.73 Å². The molecule has 0 saturated carbocycles. The summed E-state index contributed by atoms with van der Waals surface area (Å²) in [6.07, 6.45) is 0. The molecule has 3 N–H and O–H groups in total. The highest BCUT2D eigenvalue weighted by Gasteiger charge is 2.14. The van der Waals surface area contributed by atoms with Gasteiger partial charge in [-0.15, -0.1) is 0 Å². The minimum Gasteiger partial charge on any atom is -0.480 e. The summed E-state index contributed by atoms with van der Waals surface area (Å²) in [5.74, 6) is 0.317. The Morgan fingerprint density at radius 2 is 1.47 bits per heavy atom. The number of carboxylic acids is 1. The van der Waals surface area contributed by atoms with Gasteiger partial charge < -0.3 is 10.8 Å². The summed E-state index contributed by atoms with van der Waals surface area (Å²) in [7, 11) is -3.68. The van der Waals surface area contributed by atoms with Crippen LogP contribution in [-0.2, 0) is 31.5 Å². The van der Waals surface area contributed by atoms with Crippen molar-refractivity contribution in [2.45, 2.75) is 30.2 Å². The summed E-state index contributed by atoms with van der Waals surface area (Å²) in [6.45, 7) is 1.96. The fourth-order valence-electron chi connectivity index (χ4n) is 2.44. The second-order valence-electron chi connectivity index (χ2n) is 6.96. The van der Waals surface area contributed by atoms with Gasteiger partial charge in [-0.2, -0.15) is 20.2 Å². The Hall–Kier alpha value is -2.65. The van der Waals surface area contributed by atoms with Crippen LogP contribution in [0.1, 0.15) is 16.7 Å². The van der Waals surface area contributed by atoms with Crippen molar-refractivity contribution in [1.29, 1.82) is 0 Å². The SMILES string of the molecule is Cc1ccc(S(=O)(=O)OCc2ccccc2)cc1.NC(CSCc1ccccc1)C(=O)O. The molecule has 0 heterocycles. The van der Waals surface area contributed by atoms with Gasteiger partial charge in [0, 0.05) is 11.5 Å². The summed E-state index contributed by atoms with van der Waals surface area (Å²) in [5.41, 5.74) is 8.39. The molecule has 0 bridgehead atoms. The van der Waals surface area contributed by atoms with Gasteiger partial charge in [0.2, 0.25) is 0 Å². The predicted octanol–water partition coefficient (Wildman–Crippen LogP) is 4.23. The van der Waals surface area contributed by atoms with E-state index in [0.717, 1.165) is 16.9 Å². The average Bonchev–Trinajstić information content (AvgIpc) is 2.80. The molecule has 0 spiro atoms. The van der Waals surface area contributed by atoms with Crippen LogP contribution < -0.4 is 5.73 Å². The van der Waals surface area contributed by atoms with Crippen LogP contribution in [0, 0.1) is 6.92 Å². The summed E-state index contributed by atoms with van der Waals surface area (Å²) < 4.78 is 28.8. The van der Waals surface area contributed by atoms with E-state index in [-0.39, 0.29) is 11.5 Å². The van der Waals surface area contributed by atoms with Crippen LogP contribution in [0.5, 0.6) is 0 Å². The standard InChI is InChI=1S/C14H14O3S.C10H13NO2S/c1-12-7-9-14(10-8-12)18(15,16)17-11-13-5-3-2-4-6-13;11-9(10(12)13)7-14-6-8-4-2-1-3-5-8/h2-10H,11H2,1H3;1-5,9H,6-7,11H2,(H,12,13). The van der Waals surface area contributed by atoms with Crippen molar-refractivity contribution in [3.8, 4) is 0 Å². The van der Waals surface area contributed by atoms with E-state index in [9.17, 15) is 13.2 Å².